The van der Waals surface area contributed by atoms with Crippen LogP contribution in [-0.4, -0.2) is 27.6 Å². The number of methoxy groups -OCH3 is 1. The Morgan fingerprint density at radius 3 is 1.20 bits per heavy atom. The van der Waals surface area contributed by atoms with Crippen molar-refractivity contribution in [3.05, 3.63) is 209 Å². The summed E-state index contributed by atoms with van der Waals surface area (Å²) in [6, 6.07) is 57.1. The molecular formula is C60H77NO7Si. The Kier molecular flexibility index (Phi) is 23.1. The first-order chi connectivity index (χ1) is 30.3. The maximum absolute atomic E-state index is 13.0. The minimum Gasteiger partial charge on any atom is -0.497 e. The largest absolute Gasteiger partial charge is 0.519 e. The van der Waals surface area contributed by atoms with Gasteiger partial charge in [-0.25, -0.2) is 4.79 Å². The average Bonchev–Trinajstić information content (AvgIpc) is 3.28. The molecule has 7 rings (SSSR count). The number of rotatable bonds is 15. The second-order valence-electron chi connectivity index (χ2n) is 16.5. The van der Waals surface area contributed by atoms with Crippen molar-refractivity contribution >= 4 is 37.5 Å². The Balaban J connectivity index is 0.00000397. The second-order valence-corrected chi connectivity index (χ2v) is 20.7. The van der Waals surface area contributed by atoms with Crippen molar-refractivity contribution in [3.8, 4) is 23.0 Å². The summed E-state index contributed by atoms with van der Waals surface area (Å²) in [5.74, 6) is 1.68. The van der Waals surface area contributed by atoms with Crippen LogP contribution in [0.2, 0.25) is 13.1 Å². The molecule has 0 bridgehead atoms. The third-order valence-corrected chi connectivity index (χ3v) is 13.3. The predicted molar refractivity (Wildman–Crippen MR) is 293 cm³/mol. The highest BCUT2D eigenvalue weighted by Crippen LogP contribution is 2.42. The molecule has 7 aromatic rings. The van der Waals surface area contributed by atoms with Gasteiger partial charge in [0.2, 0.25) is 0 Å². The van der Waals surface area contributed by atoms with Crippen LogP contribution >= 0.6 is 0 Å². The van der Waals surface area contributed by atoms with Gasteiger partial charge in [-0.2, -0.15) is 0 Å². The van der Waals surface area contributed by atoms with Gasteiger partial charge in [0, 0.05) is 29.4 Å². The fraction of sp³-hybridized carbons (Fsp3) is 0.267. The summed E-state index contributed by atoms with van der Waals surface area (Å²) in [6.45, 7) is 12.5. The minimum atomic E-state index is -2.07. The van der Waals surface area contributed by atoms with E-state index in [1.54, 1.807) is 43.5 Å². The van der Waals surface area contributed by atoms with E-state index in [0.717, 1.165) is 56.7 Å². The molecule has 0 N–H and O–H groups in total. The van der Waals surface area contributed by atoms with Crippen molar-refractivity contribution in [2.75, 3.05) is 12.0 Å². The SMILES string of the molecule is C.C.C.C.C.C.COc1ccc(C(C)(c2ccc(OC(=O)Oc3ccc(CO[Si](C)(C)Cc4ccc(OC(C)=O)cc4)cc3)cc2)c2ccc(N(c3ccc(C)cc3)c3ccc(C)cc3)cc2)cc1. The summed E-state index contributed by atoms with van der Waals surface area (Å²) >= 11 is 0. The van der Waals surface area contributed by atoms with Crippen LogP contribution < -0.4 is 23.8 Å². The Morgan fingerprint density at radius 1 is 0.478 bits per heavy atom. The first kappa shape index (κ1) is 60.1. The van der Waals surface area contributed by atoms with Crippen LogP contribution in [0.5, 0.6) is 23.0 Å². The van der Waals surface area contributed by atoms with E-state index in [9.17, 15) is 9.59 Å². The molecule has 0 fully saturated rings. The van der Waals surface area contributed by atoms with Crippen LogP contribution in [0.15, 0.2) is 170 Å². The topological polar surface area (TPSA) is 83.5 Å². The van der Waals surface area contributed by atoms with E-state index in [2.05, 4.69) is 124 Å². The molecule has 69 heavy (non-hydrogen) atoms. The number of ether oxygens (including phenoxy) is 4. The first-order valence-electron chi connectivity index (χ1n) is 21.0. The van der Waals surface area contributed by atoms with Gasteiger partial charge in [0.25, 0.3) is 0 Å². The Bertz CT molecular complexity index is 2570. The number of carbonyl (C=O) groups is 2. The fourth-order valence-corrected chi connectivity index (χ4v) is 9.47. The van der Waals surface area contributed by atoms with E-state index >= 15 is 0 Å². The van der Waals surface area contributed by atoms with Gasteiger partial charge in [0.05, 0.1) is 13.7 Å². The van der Waals surface area contributed by atoms with Gasteiger partial charge in [0.15, 0.2) is 8.32 Å². The molecule has 368 valence electrons. The average molecular weight is 952 g/mol. The molecule has 0 heterocycles. The van der Waals surface area contributed by atoms with E-state index in [1.165, 1.54) is 18.1 Å². The molecule has 0 spiro atoms. The monoisotopic (exact) mass is 952 g/mol. The number of esters is 1. The third kappa shape index (κ3) is 15.3. The third-order valence-electron chi connectivity index (χ3n) is 11.2. The van der Waals surface area contributed by atoms with Crippen molar-refractivity contribution in [1.82, 2.24) is 0 Å². The molecule has 0 aliphatic rings. The van der Waals surface area contributed by atoms with Crippen molar-refractivity contribution in [1.29, 1.82) is 0 Å². The van der Waals surface area contributed by atoms with Crippen molar-refractivity contribution < 1.29 is 33.0 Å². The molecule has 0 amide bonds. The maximum atomic E-state index is 13.0. The Hall–Kier alpha value is -6.94. The minimum absolute atomic E-state index is 0. The lowest BCUT2D eigenvalue weighted by Crippen LogP contribution is -2.33. The second kappa shape index (κ2) is 26.6. The lowest BCUT2D eigenvalue weighted by Gasteiger charge is -2.33. The lowest BCUT2D eigenvalue weighted by molar-refractivity contribution is -0.131. The number of hydrogen-bond donors (Lipinski definition) is 0. The molecule has 0 saturated carbocycles. The van der Waals surface area contributed by atoms with Gasteiger partial charge in [-0.05, 0) is 153 Å². The van der Waals surface area contributed by atoms with Crippen molar-refractivity contribution in [2.24, 2.45) is 0 Å². The quantitative estimate of drug-likeness (QED) is 0.0330. The van der Waals surface area contributed by atoms with Gasteiger partial charge >= 0.3 is 12.1 Å². The number of nitrogens with zero attached hydrogens (tertiary/aromatic N) is 1. The van der Waals surface area contributed by atoms with Crippen molar-refractivity contribution in [2.45, 2.75) is 103 Å². The van der Waals surface area contributed by atoms with Crippen LogP contribution in [0.3, 0.4) is 0 Å². The summed E-state index contributed by atoms with van der Waals surface area (Å²) in [7, 11) is -0.406. The summed E-state index contributed by atoms with van der Waals surface area (Å²) in [5, 5.41) is 0. The van der Waals surface area contributed by atoms with Crippen LogP contribution in [0.1, 0.15) is 97.4 Å². The van der Waals surface area contributed by atoms with Gasteiger partial charge in [-0.3, -0.25) is 4.79 Å². The van der Waals surface area contributed by atoms with E-state index in [0.29, 0.717) is 23.9 Å². The molecule has 1 atom stereocenters. The summed E-state index contributed by atoms with van der Waals surface area (Å²) in [4.78, 5) is 26.5. The van der Waals surface area contributed by atoms with Crippen LogP contribution in [-0.2, 0) is 27.3 Å². The van der Waals surface area contributed by atoms with E-state index in [1.807, 2.05) is 48.5 Å². The van der Waals surface area contributed by atoms with Gasteiger partial charge in [-0.15, -0.1) is 0 Å². The zero-order valence-corrected chi connectivity index (χ0v) is 37.9. The molecule has 0 aromatic heterocycles. The smallest absolute Gasteiger partial charge is 0.497 e. The lowest BCUT2D eigenvalue weighted by atomic mass is 9.71. The first-order valence-corrected chi connectivity index (χ1v) is 24.1. The molecule has 0 aliphatic carbocycles. The standard InChI is InChI=1S/C54H53NO7Si.6CH4/c1-38-8-22-46(23-9-38)55(47-24-10-39(2)11-25-47)48-26-16-43(17-27-48)54(4,44-18-32-49(58-5)33-19-44)45-20-34-52(35-21-45)62-53(57)61-51-28-12-41(13-29-51)36-59-63(6,7)37-42-14-30-50(31-15-42)60-40(3)56;;;;;;/h8-35H,36-37H2,1-7H3;6*1H4. The molecule has 0 aliphatic heterocycles. The summed E-state index contributed by atoms with van der Waals surface area (Å²) in [6.07, 6.45) is -0.833. The normalized spacial score (nSPS) is 11.1. The molecule has 8 nitrogen and oxygen atoms in total. The molecule has 7 aromatic carbocycles. The zero-order valence-electron chi connectivity index (χ0n) is 36.9. The predicted octanol–water partition coefficient (Wildman–Crippen LogP) is 17.0. The molecular weight excluding hydrogens is 875 g/mol. The molecule has 0 radical (unpaired) electrons. The van der Waals surface area contributed by atoms with Crippen LogP contribution in [0.25, 0.3) is 0 Å². The Morgan fingerprint density at radius 2 is 0.812 bits per heavy atom. The van der Waals surface area contributed by atoms with E-state index < -0.39 is 19.9 Å². The maximum Gasteiger partial charge on any atom is 0.519 e. The number of benzene rings is 7. The number of anilines is 3. The van der Waals surface area contributed by atoms with Gasteiger partial charge < -0.3 is 28.3 Å². The van der Waals surface area contributed by atoms with Crippen LogP contribution in [0, 0.1) is 13.8 Å². The van der Waals surface area contributed by atoms with Crippen LogP contribution in [0.4, 0.5) is 21.9 Å². The van der Waals surface area contributed by atoms with E-state index in [4.69, 9.17) is 23.4 Å². The van der Waals surface area contributed by atoms with Crippen molar-refractivity contribution in [3.63, 3.8) is 0 Å². The summed E-state index contributed by atoms with van der Waals surface area (Å²) < 4.78 is 28.2. The molecule has 0 saturated heterocycles. The summed E-state index contributed by atoms with van der Waals surface area (Å²) in [5.41, 5.74) is 10.3. The fourth-order valence-electron chi connectivity index (χ4n) is 7.59. The molecule has 9 heteroatoms. The van der Waals surface area contributed by atoms with Gasteiger partial charge in [0.1, 0.15) is 23.0 Å². The van der Waals surface area contributed by atoms with Gasteiger partial charge in [-0.1, -0.05) is 141 Å². The Labute approximate surface area is 416 Å². The number of aryl methyl sites for hydroxylation is 2. The number of hydrogen-bond acceptors (Lipinski definition) is 8. The highest BCUT2D eigenvalue weighted by molar-refractivity contribution is 6.70. The zero-order chi connectivity index (χ0) is 44.6. The highest BCUT2D eigenvalue weighted by atomic mass is 28.4. The van der Waals surface area contributed by atoms with E-state index in [-0.39, 0.29) is 50.5 Å². The highest BCUT2D eigenvalue weighted by Gasteiger charge is 2.32. The molecule has 1 unspecified atom stereocenters. The number of carbonyl (C=O) groups excluding carboxylic acids is 2.